The monoisotopic (exact) mass is 312 g/mol. The molecule has 1 aromatic rings. The molecule has 2 unspecified atom stereocenters. The van der Waals surface area contributed by atoms with Crippen molar-refractivity contribution in [3.8, 4) is 0 Å². The molecule has 22 heavy (non-hydrogen) atoms. The van der Waals surface area contributed by atoms with E-state index in [1.807, 2.05) is 0 Å². The van der Waals surface area contributed by atoms with Crippen LogP contribution in [0, 0.1) is 6.92 Å². The average molecular weight is 312 g/mol. The number of nitrogens with two attached hydrogens (primary N) is 2. The summed E-state index contributed by atoms with van der Waals surface area (Å²) in [6.07, 6.45) is -3.17. The van der Waals surface area contributed by atoms with Crippen LogP contribution >= 0.6 is 0 Å². The number of alkyl carbamates (subject to hydrolysis) is 1. The van der Waals surface area contributed by atoms with E-state index in [0.29, 0.717) is 11.3 Å². The maximum atomic E-state index is 11.5. The number of aryl methyl sites for hydroxylation is 1. The fraction of sp³-hybridized carbons (Fsp3) is 0.571. The van der Waals surface area contributed by atoms with Gasteiger partial charge in [-0.05, 0) is 33.8 Å². The minimum atomic E-state index is -1.26. The van der Waals surface area contributed by atoms with Gasteiger partial charge >= 0.3 is 6.09 Å². The number of carbonyl (C=O) groups is 1. The molecule has 7 N–H and O–H groups in total. The van der Waals surface area contributed by atoms with Gasteiger partial charge in [0.15, 0.2) is 0 Å². The number of carbonyl (C=O) groups excluding carboxylic acids is 1. The molecular weight excluding hydrogens is 288 g/mol. The third-order valence-corrected chi connectivity index (χ3v) is 2.85. The van der Waals surface area contributed by atoms with Crippen molar-refractivity contribution >= 4 is 17.6 Å². The molecule has 0 aliphatic rings. The second-order valence-corrected chi connectivity index (χ2v) is 6.03. The van der Waals surface area contributed by atoms with Gasteiger partial charge in [0.2, 0.25) is 0 Å². The topological polar surface area (TPSA) is 144 Å². The van der Waals surface area contributed by atoms with Crippen molar-refractivity contribution in [2.24, 2.45) is 0 Å². The predicted molar refractivity (Wildman–Crippen MR) is 83.0 cm³/mol. The number of pyridine rings is 1. The average Bonchev–Trinajstić information content (AvgIpc) is 2.37. The molecule has 1 rings (SSSR count). The van der Waals surface area contributed by atoms with Gasteiger partial charge < -0.3 is 31.7 Å². The summed E-state index contributed by atoms with van der Waals surface area (Å²) < 4.78 is 5.04. The van der Waals surface area contributed by atoms with E-state index in [9.17, 15) is 15.0 Å². The van der Waals surface area contributed by atoms with Gasteiger partial charge in [0.05, 0.1) is 5.69 Å². The maximum absolute atomic E-state index is 11.5. The number of aliphatic hydroxyl groups excluding tert-OH is 2. The van der Waals surface area contributed by atoms with Crippen molar-refractivity contribution in [3.05, 3.63) is 17.3 Å². The van der Waals surface area contributed by atoms with E-state index in [2.05, 4.69) is 10.3 Å². The standard InChI is InChI=1S/C14H24N4O4/c1-7-8(5-9(15)12(16)18-7)11(20)10(19)6-17-13(21)22-14(2,3)4/h5,10-11,19-20H,6,15H2,1-4H3,(H2,16,18)(H,17,21). The van der Waals surface area contributed by atoms with Gasteiger partial charge in [0, 0.05) is 17.8 Å². The summed E-state index contributed by atoms with van der Waals surface area (Å²) in [5.74, 6) is 0.162. The Morgan fingerprint density at radius 1 is 1.41 bits per heavy atom. The summed E-state index contributed by atoms with van der Waals surface area (Å²) in [7, 11) is 0. The third-order valence-electron chi connectivity index (χ3n) is 2.85. The highest BCUT2D eigenvalue weighted by Crippen LogP contribution is 2.24. The zero-order valence-corrected chi connectivity index (χ0v) is 13.3. The number of nitrogens with one attached hydrogen (secondary N) is 1. The first-order valence-electron chi connectivity index (χ1n) is 6.86. The number of aliphatic hydroxyl groups is 2. The van der Waals surface area contributed by atoms with Crippen LogP contribution in [0.3, 0.4) is 0 Å². The zero-order chi connectivity index (χ0) is 17.1. The smallest absolute Gasteiger partial charge is 0.407 e. The Bertz CT molecular complexity index is 542. The number of hydrogen-bond acceptors (Lipinski definition) is 7. The van der Waals surface area contributed by atoms with Crippen molar-refractivity contribution in [1.29, 1.82) is 0 Å². The first-order valence-corrected chi connectivity index (χ1v) is 6.86. The van der Waals surface area contributed by atoms with E-state index < -0.39 is 23.9 Å². The van der Waals surface area contributed by atoms with Crippen molar-refractivity contribution in [1.82, 2.24) is 10.3 Å². The van der Waals surface area contributed by atoms with Gasteiger partial charge in [0.1, 0.15) is 23.6 Å². The zero-order valence-electron chi connectivity index (χ0n) is 13.3. The Morgan fingerprint density at radius 2 is 2.00 bits per heavy atom. The van der Waals surface area contributed by atoms with Crippen LogP contribution in [-0.4, -0.2) is 39.5 Å². The Morgan fingerprint density at radius 3 is 2.55 bits per heavy atom. The lowest BCUT2D eigenvalue weighted by atomic mass is 10.0. The third kappa shape index (κ3) is 5.05. The lowest BCUT2D eigenvalue weighted by Crippen LogP contribution is -2.39. The van der Waals surface area contributed by atoms with Crippen molar-refractivity contribution in [2.45, 2.75) is 45.5 Å². The molecule has 1 aromatic heterocycles. The van der Waals surface area contributed by atoms with Gasteiger partial charge in [-0.3, -0.25) is 0 Å². The fourth-order valence-electron chi connectivity index (χ4n) is 1.78. The second-order valence-electron chi connectivity index (χ2n) is 6.03. The van der Waals surface area contributed by atoms with Crippen molar-refractivity contribution in [3.63, 3.8) is 0 Å². The minimum absolute atomic E-state index is 0.162. The number of rotatable bonds is 4. The number of amides is 1. The minimum Gasteiger partial charge on any atom is -0.444 e. The molecule has 8 heteroatoms. The highest BCUT2D eigenvalue weighted by atomic mass is 16.6. The summed E-state index contributed by atoms with van der Waals surface area (Å²) in [4.78, 5) is 15.5. The van der Waals surface area contributed by atoms with Crippen LogP contribution < -0.4 is 16.8 Å². The van der Waals surface area contributed by atoms with Gasteiger partial charge in [0.25, 0.3) is 0 Å². The fourth-order valence-corrected chi connectivity index (χ4v) is 1.78. The van der Waals surface area contributed by atoms with E-state index in [4.69, 9.17) is 16.2 Å². The highest BCUT2D eigenvalue weighted by molar-refractivity contribution is 5.67. The van der Waals surface area contributed by atoms with Gasteiger partial charge in [-0.1, -0.05) is 0 Å². The van der Waals surface area contributed by atoms with Crippen LogP contribution in [0.15, 0.2) is 6.07 Å². The molecule has 0 aliphatic heterocycles. The maximum Gasteiger partial charge on any atom is 0.407 e. The molecule has 0 radical (unpaired) electrons. The number of hydrogen-bond donors (Lipinski definition) is 5. The Labute approximate surface area is 129 Å². The van der Waals surface area contributed by atoms with Gasteiger partial charge in [-0.2, -0.15) is 0 Å². The molecule has 0 saturated carbocycles. The molecular formula is C14H24N4O4. The van der Waals surface area contributed by atoms with Crippen molar-refractivity contribution < 1.29 is 19.7 Å². The summed E-state index contributed by atoms with van der Waals surface area (Å²) in [6, 6.07) is 1.46. The van der Waals surface area contributed by atoms with Crippen molar-refractivity contribution in [2.75, 3.05) is 18.0 Å². The molecule has 0 aliphatic carbocycles. The van der Waals surface area contributed by atoms with Crippen LogP contribution in [0.25, 0.3) is 0 Å². The van der Waals surface area contributed by atoms with E-state index in [1.54, 1.807) is 27.7 Å². The summed E-state index contributed by atoms with van der Waals surface area (Å²) >= 11 is 0. The molecule has 1 amide bonds. The molecule has 1 heterocycles. The Hall–Kier alpha value is -2.06. The summed E-state index contributed by atoms with van der Waals surface area (Å²) in [5, 5.41) is 22.5. The largest absolute Gasteiger partial charge is 0.444 e. The number of ether oxygens (including phenoxy) is 1. The Kier molecular flexibility index (Phi) is 5.56. The lowest BCUT2D eigenvalue weighted by molar-refractivity contribution is 0.0125. The quantitative estimate of drug-likeness (QED) is 0.543. The predicted octanol–water partition coefficient (Wildman–Crippen LogP) is 0.473. The van der Waals surface area contributed by atoms with E-state index in [0.717, 1.165) is 0 Å². The molecule has 124 valence electrons. The first kappa shape index (κ1) is 18.0. The van der Waals surface area contributed by atoms with Crippen LogP contribution in [0.4, 0.5) is 16.3 Å². The van der Waals surface area contributed by atoms with E-state index in [1.165, 1.54) is 6.07 Å². The molecule has 2 atom stereocenters. The van der Waals surface area contributed by atoms with Crippen LogP contribution in [0.1, 0.15) is 38.1 Å². The number of nitrogen functional groups attached to an aromatic ring is 2. The molecule has 0 aromatic carbocycles. The summed E-state index contributed by atoms with van der Waals surface area (Å²) in [5.41, 5.74) is 11.6. The molecule has 0 fully saturated rings. The van der Waals surface area contributed by atoms with Crippen LogP contribution in [0.5, 0.6) is 0 Å². The highest BCUT2D eigenvalue weighted by Gasteiger charge is 2.23. The molecule has 0 spiro atoms. The van der Waals surface area contributed by atoms with Crippen LogP contribution in [0.2, 0.25) is 0 Å². The Balaban J connectivity index is 2.68. The molecule has 0 bridgehead atoms. The summed E-state index contributed by atoms with van der Waals surface area (Å²) in [6.45, 7) is 6.64. The SMILES string of the molecule is Cc1nc(N)c(N)cc1C(O)C(O)CNC(=O)OC(C)(C)C. The number of anilines is 2. The van der Waals surface area contributed by atoms with E-state index >= 15 is 0 Å². The van der Waals surface area contributed by atoms with Gasteiger partial charge in [-0.15, -0.1) is 0 Å². The van der Waals surface area contributed by atoms with Crippen LogP contribution in [-0.2, 0) is 4.74 Å². The molecule has 0 saturated heterocycles. The molecule has 8 nitrogen and oxygen atoms in total. The van der Waals surface area contributed by atoms with E-state index in [-0.39, 0.29) is 18.1 Å². The first-order chi connectivity index (χ1) is 10.0. The number of aromatic nitrogens is 1. The lowest BCUT2D eigenvalue weighted by Gasteiger charge is -2.23. The normalized spacial score (nSPS) is 14.3. The second kappa shape index (κ2) is 6.80. The number of nitrogens with zero attached hydrogens (tertiary/aromatic N) is 1. The van der Waals surface area contributed by atoms with Gasteiger partial charge in [-0.25, -0.2) is 9.78 Å².